The van der Waals surface area contributed by atoms with Crippen molar-refractivity contribution in [2.75, 3.05) is 14.1 Å². The third-order valence-electron chi connectivity index (χ3n) is 7.29. The maximum absolute atomic E-state index is 2.61. The third-order valence-corrected chi connectivity index (χ3v) is 13.8. The second kappa shape index (κ2) is 16.6. The van der Waals surface area contributed by atoms with Crippen LogP contribution in [0.2, 0.25) is 0 Å². The molecule has 1 unspecified atom stereocenters. The third kappa shape index (κ3) is 8.23. The fourth-order valence-corrected chi connectivity index (χ4v) is 12.1. The SMILES string of the molecule is CC([c-]1cc(I)c(P(c2ccccc2)c2ccccc2)c1P(c1ccccc1)c1ccccc1)N(C)C.[Fe].[cH-]1[cH-][cH-][cH-][cH-]1. The molecule has 6 rings (SSSR count). The van der Waals surface area contributed by atoms with E-state index in [2.05, 4.69) is 176 Å². The maximum atomic E-state index is 2.61. The van der Waals surface area contributed by atoms with Gasteiger partial charge < -0.3 is 35.2 Å². The molecule has 1 atom stereocenters. The minimum absolute atomic E-state index is 0. The molecule has 0 amide bonds. The molecule has 0 aliphatic heterocycles. The van der Waals surface area contributed by atoms with Crippen molar-refractivity contribution < 1.29 is 17.1 Å². The van der Waals surface area contributed by atoms with Gasteiger partial charge in [-0.1, -0.05) is 136 Å². The van der Waals surface area contributed by atoms with Crippen molar-refractivity contribution in [1.29, 1.82) is 0 Å². The first-order valence-electron chi connectivity index (χ1n) is 14.2. The molecule has 0 saturated carbocycles. The number of hydrogen-bond donors (Lipinski definition) is 0. The molecule has 0 aromatic heterocycles. The van der Waals surface area contributed by atoms with E-state index in [0.717, 1.165) is 0 Å². The molecule has 0 heterocycles. The average Bonchev–Trinajstić information content (AvgIpc) is 3.73. The molecule has 0 fully saturated rings. The van der Waals surface area contributed by atoms with E-state index in [9.17, 15) is 0 Å². The zero-order valence-corrected chi connectivity index (χ0v) is 29.7. The van der Waals surface area contributed by atoms with Gasteiger partial charge in [-0.15, -0.1) is 42.3 Å². The molecular formula is C38H36FeINP2-6. The van der Waals surface area contributed by atoms with Gasteiger partial charge in [0.05, 0.1) is 0 Å². The quantitative estimate of drug-likeness (QED) is 0.0673. The van der Waals surface area contributed by atoms with E-state index in [1.54, 1.807) is 0 Å². The molecule has 0 N–H and O–H groups in total. The number of halogens is 1. The first-order valence-corrected chi connectivity index (χ1v) is 17.9. The largest absolute Gasteiger partial charge is 0.748 e. The molecule has 0 aliphatic carbocycles. The monoisotopic (exact) mass is 751 g/mol. The molecule has 1 nitrogen and oxygen atoms in total. The summed E-state index contributed by atoms with van der Waals surface area (Å²) in [6.45, 7) is 2.34. The average molecular weight is 751 g/mol. The Morgan fingerprint density at radius 2 is 0.907 bits per heavy atom. The van der Waals surface area contributed by atoms with Crippen LogP contribution < -0.4 is 31.8 Å². The first kappa shape index (κ1) is 33.5. The molecular weight excluding hydrogens is 715 g/mol. The van der Waals surface area contributed by atoms with Crippen molar-refractivity contribution in [3.05, 3.63) is 167 Å². The Morgan fingerprint density at radius 3 is 1.23 bits per heavy atom. The Balaban J connectivity index is 0.000000641. The fraction of sp³-hybridized carbons (Fsp3) is 0.105. The molecule has 6 aromatic rings. The van der Waals surface area contributed by atoms with Gasteiger partial charge in [-0.25, -0.2) is 0 Å². The second-order valence-electron chi connectivity index (χ2n) is 10.3. The summed E-state index contributed by atoms with van der Waals surface area (Å²) in [5.74, 6) is 0. The normalized spacial score (nSPS) is 11.6. The molecule has 0 spiro atoms. The molecule has 43 heavy (non-hydrogen) atoms. The number of hydrogen-bond acceptors (Lipinski definition) is 1. The molecule has 0 radical (unpaired) electrons. The van der Waals surface area contributed by atoms with E-state index in [0.29, 0.717) is 6.04 Å². The Labute approximate surface area is 284 Å². The molecule has 5 heteroatoms. The van der Waals surface area contributed by atoms with Gasteiger partial charge in [0.25, 0.3) is 0 Å². The smallest absolute Gasteiger partial charge is 0 e. The van der Waals surface area contributed by atoms with Crippen molar-refractivity contribution in [1.82, 2.24) is 4.90 Å². The summed E-state index contributed by atoms with van der Waals surface area (Å²) >= 11 is 2.61. The summed E-state index contributed by atoms with van der Waals surface area (Å²) in [6, 6.07) is 57.3. The second-order valence-corrected chi connectivity index (χ2v) is 15.7. The Morgan fingerprint density at radius 1 is 0.581 bits per heavy atom. The molecule has 0 aliphatic rings. The standard InChI is InChI=1S/C33H31INP2.C5H5.Fe/c1-25(35(2)3)30-24-31(34)33(37(28-20-12-6-13-21-28)29-22-14-7-15-23-29)32(30)36(26-16-8-4-9-17-26)27-18-10-5-11-19-27;1-2-4-5-3-1;/h4-25H,1-3H3;1-5H;/q-1;-5;. The van der Waals surface area contributed by atoms with Crippen molar-refractivity contribution in [3.63, 3.8) is 0 Å². The van der Waals surface area contributed by atoms with Gasteiger partial charge in [0.1, 0.15) is 0 Å². The topological polar surface area (TPSA) is 3.24 Å². The summed E-state index contributed by atoms with van der Waals surface area (Å²) in [5.41, 5.74) is 1.45. The summed E-state index contributed by atoms with van der Waals surface area (Å²) in [4.78, 5) is 2.34. The molecule has 6 aromatic carbocycles. The van der Waals surface area contributed by atoms with Crippen molar-refractivity contribution >= 4 is 70.3 Å². The van der Waals surface area contributed by atoms with Crippen molar-refractivity contribution in [2.45, 2.75) is 13.0 Å². The summed E-state index contributed by atoms with van der Waals surface area (Å²) < 4.78 is 1.37. The fourth-order valence-electron chi connectivity index (χ4n) is 5.01. The van der Waals surface area contributed by atoms with Gasteiger partial charge in [-0.2, -0.15) is 6.07 Å². The van der Waals surface area contributed by atoms with Crippen LogP contribution in [-0.2, 0) is 17.1 Å². The predicted molar refractivity (Wildman–Crippen MR) is 196 cm³/mol. The van der Waals surface area contributed by atoms with Gasteiger partial charge in [0, 0.05) is 17.1 Å². The van der Waals surface area contributed by atoms with E-state index in [4.69, 9.17) is 0 Å². The van der Waals surface area contributed by atoms with Crippen LogP contribution in [0.1, 0.15) is 18.5 Å². The predicted octanol–water partition coefficient (Wildman–Crippen LogP) is 7.55. The van der Waals surface area contributed by atoms with Gasteiger partial charge in [-0.05, 0) is 49.3 Å². The van der Waals surface area contributed by atoms with Gasteiger partial charge in [0.15, 0.2) is 0 Å². The van der Waals surface area contributed by atoms with Gasteiger partial charge >= 0.3 is 0 Å². The van der Waals surface area contributed by atoms with Crippen LogP contribution in [0.3, 0.4) is 0 Å². The minimum atomic E-state index is -0.752. The Kier molecular flexibility index (Phi) is 13.0. The Hall–Kier alpha value is -2.35. The van der Waals surface area contributed by atoms with Gasteiger partial charge in [-0.3, -0.25) is 0 Å². The zero-order chi connectivity index (χ0) is 29.3. The summed E-state index contributed by atoms with van der Waals surface area (Å²) in [6.07, 6.45) is 0. The Bertz CT molecular complexity index is 1520. The number of benzene rings is 4. The van der Waals surface area contributed by atoms with E-state index in [-0.39, 0.29) is 17.1 Å². The van der Waals surface area contributed by atoms with E-state index in [1.165, 1.54) is 41.0 Å². The minimum Gasteiger partial charge on any atom is -0.748 e. The zero-order valence-electron chi connectivity index (χ0n) is 24.7. The first-order chi connectivity index (χ1) is 20.6. The van der Waals surface area contributed by atoms with Crippen LogP contribution in [0.5, 0.6) is 0 Å². The molecule has 224 valence electrons. The van der Waals surface area contributed by atoms with E-state index in [1.807, 2.05) is 30.3 Å². The summed E-state index contributed by atoms with van der Waals surface area (Å²) in [5, 5.41) is 8.62. The van der Waals surface area contributed by atoms with Crippen LogP contribution in [0.15, 0.2) is 158 Å². The van der Waals surface area contributed by atoms with E-state index < -0.39 is 15.8 Å². The van der Waals surface area contributed by atoms with Crippen molar-refractivity contribution in [2.24, 2.45) is 0 Å². The maximum Gasteiger partial charge on any atom is 0 e. The van der Waals surface area contributed by atoms with Crippen molar-refractivity contribution in [3.8, 4) is 0 Å². The number of rotatable bonds is 8. The molecule has 0 saturated heterocycles. The van der Waals surface area contributed by atoms with Crippen LogP contribution >= 0.6 is 38.4 Å². The van der Waals surface area contributed by atoms with Gasteiger partial charge in [0.2, 0.25) is 0 Å². The molecule has 0 bridgehead atoms. The summed E-state index contributed by atoms with van der Waals surface area (Å²) in [7, 11) is 2.90. The van der Waals surface area contributed by atoms with Crippen LogP contribution in [0, 0.1) is 3.57 Å². The number of nitrogens with zero attached hydrogens (tertiary/aromatic N) is 1. The van der Waals surface area contributed by atoms with Crippen LogP contribution in [-0.4, -0.2) is 19.0 Å². The van der Waals surface area contributed by atoms with E-state index >= 15 is 0 Å². The van der Waals surface area contributed by atoms with Crippen LogP contribution in [0.4, 0.5) is 0 Å². The van der Waals surface area contributed by atoms with Crippen LogP contribution in [0.25, 0.3) is 0 Å².